The van der Waals surface area contributed by atoms with E-state index < -0.39 is 8.24 Å². The van der Waals surface area contributed by atoms with Gasteiger partial charge in [0.1, 0.15) is 0 Å². The van der Waals surface area contributed by atoms with E-state index in [0.29, 0.717) is 0 Å². The van der Waals surface area contributed by atoms with Crippen LogP contribution in [-0.4, -0.2) is 15.3 Å². The molecule has 0 bridgehead atoms. The van der Waals surface area contributed by atoms with Crippen LogP contribution in [0.4, 0.5) is 0 Å². The number of rotatable bonds is 5. The summed E-state index contributed by atoms with van der Waals surface area (Å²) in [6.07, 6.45) is 1.26. The van der Waals surface area contributed by atoms with Gasteiger partial charge in [0, 0.05) is 0 Å². The molecule has 0 aliphatic heterocycles. The zero-order chi connectivity index (χ0) is 8.91. The lowest BCUT2D eigenvalue weighted by Crippen LogP contribution is -2.49. The normalized spacial score (nSPS) is 16.5. The maximum atomic E-state index is 3.94. The third-order valence-corrected chi connectivity index (χ3v) is 7.57. The van der Waals surface area contributed by atoms with E-state index in [0.717, 1.165) is 5.54 Å². The fourth-order valence-electron chi connectivity index (χ4n) is 1.56. The number of hydrogen-bond acceptors (Lipinski definition) is 1. The molecule has 0 heterocycles. The summed E-state index contributed by atoms with van der Waals surface area (Å²) in [4.78, 5) is 3.49. The molecule has 0 saturated carbocycles. The SMILES string of the molecule is C=C[Si](CCC)(NC)C(C)C. The zero-order valence-electron chi connectivity index (χ0n) is 8.28. The highest BCUT2D eigenvalue weighted by Gasteiger charge is 2.30. The molecule has 1 N–H and O–H groups in total. The van der Waals surface area contributed by atoms with E-state index in [1.807, 2.05) is 0 Å². The van der Waals surface area contributed by atoms with Gasteiger partial charge in [-0.3, -0.25) is 0 Å². The highest BCUT2D eigenvalue weighted by atomic mass is 28.3. The molecule has 66 valence electrons. The second kappa shape index (κ2) is 4.73. The fraction of sp³-hybridized carbons (Fsp3) is 0.778. The molecule has 0 aliphatic rings. The van der Waals surface area contributed by atoms with Crippen molar-refractivity contribution in [2.45, 2.75) is 38.8 Å². The third kappa shape index (κ3) is 2.45. The van der Waals surface area contributed by atoms with Gasteiger partial charge in [0.05, 0.1) is 0 Å². The van der Waals surface area contributed by atoms with Crippen molar-refractivity contribution in [3.63, 3.8) is 0 Å². The van der Waals surface area contributed by atoms with E-state index in [1.54, 1.807) is 0 Å². The molecule has 1 unspecified atom stereocenters. The maximum Gasteiger partial charge on any atom is 0.152 e. The molecule has 11 heavy (non-hydrogen) atoms. The number of nitrogens with one attached hydrogen (secondary N) is 1. The van der Waals surface area contributed by atoms with Crippen LogP contribution in [0.3, 0.4) is 0 Å². The van der Waals surface area contributed by atoms with Gasteiger partial charge in [-0.2, -0.15) is 0 Å². The predicted octanol–water partition coefficient (Wildman–Crippen LogP) is 2.70. The molecular formula is C9H21NSi. The summed E-state index contributed by atoms with van der Waals surface area (Å²) in [5.41, 5.74) is 2.94. The molecule has 0 aliphatic carbocycles. The monoisotopic (exact) mass is 171 g/mol. The summed E-state index contributed by atoms with van der Waals surface area (Å²) in [7, 11) is 0.766. The highest BCUT2D eigenvalue weighted by Crippen LogP contribution is 2.23. The summed E-state index contributed by atoms with van der Waals surface area (Å²) in [6.45, 7) is 10.8. The summed E-state index contributed by atoms with van der Waals surface area (Å²) in [5.74, 6) is 0. The van der Waals surface area contributed by atoms with Crippen LogP contribution in [0.1, 0.15) is 27.2 Å². The predicted molar refractivity (Wildman–Crippen MR) is 55.2 cm³/mol. The van der Waals surface area contributed by atoms with Crippen molar-refractivity contribution in [2.24, 2.45) is 0 Å². The first-order chi connectivity index (χ1) is 5.13. The molecule has 0 saturated heterocycles. The maximum absolute atomic E-state index is 3.94. The van der Waals surface area contributed by atoms with Crippen LogP contribution < -0.4 is 4.98 Å². The first-order valence-corrected chi connectivity index (χ1v) is 6.81. The lowest BCUT2D eigenvalue weighted by molar-refractivity contribution is 0.897. The molecule has 1 nitrogen and oxygen atoms in total. The van der Waals surface area contributed by atoms with Gasteiger partial charge >= 0.3 is 0 Å². The van der Waals surface area contributed by atoms with Gasteiger partial charge in [-0.1, -0.05) is 32.9 Å². The van der Waals surface area contributed by atoms with Crippen LogP contribution in [0.5, 0.6) is 0 Å². The summed E-state index contributed by atoms with van der Waals surface area (Å²) < 4.78 is 0. The van der Waals surface area contributed by atoms with Crippen molar-refractivity contribution >= 4 is 8.24 Å². The standard InChI is InChI=1S/C9H21NSi/c1-6-8-11(7-2,10-5)9(3)4/h7,9-10H,2,6,8H2,1,3-5H3. The van der Waals surface area contributed by atoms with E-state index >= 15 is 0 Å². The van der Waals surface area contributed by atoms with Crippen molar-refractivity contribution in [3.05, 3.63) is 12.3 Å². The Morgan fingerprint density at radius 2 is 2.09 bits per heavy atom. The Morgan fingerprint density at radius 1 is 1.55 bits per heavy atom. The van der Waals surface area contributed by atoms with Gasteiger partial charge in [-0.25, -0.2) is 0 Å². The minimum absolute atomic E-state index is 0.755. The van der Waals surface area contributed by atoms with Crippen LogP contribution in [0, 0.1) is 0 Å². The van der Waals surface area contributed by atoms with Gasteiger partial charge in [0.2, 0.25) is 0 Å². The average Bonchev–Trinajstić information content (AvgIpc) is 2.00. The molecule has 0 spiro atoms. The Balaban J connectivity index is 4.32. The van der Waals surface area contributed by atoms with Crippen molar-refractivity contribution in [1.29, 1.82) is 0 Å². The molecule has 1 atom stereocenters. The topological polar surface area (TPSA) is 12.0 Å². The van der Waals surface area contributed by atoms with E-state index in [1.165, 1.54) is 12.5 Å². The summed E-state index contributed by atoms with van der Waals surface area (Å²) >= 11 is 0. The van der Waals surface area contributed by atoms with Crippen LogP contribution in [0.15, 0.2) is 12.3 Å². The fourth-order valence-corrected chi connectivity index (χ4v) is 4.67. The Hall–Kier alpha value is -0.0831. The van der Waals surface area contributed by atoms with Crippen LogP contribution in [-0.2, 0) is 0 Å². The molecular weight excluding hydrogens is 150 g/mol. The van der Waals surface area contributed by atoms with Crippen LogP contribution >= 0.6 is 0 Å². The Labute approximate surface area is 72.0 Å². The summed E-state index contributed by atoms with van der Waals surface area (Å²) in [6, 6.07) is 1.31. The lowest BCUT2D eigenvalue weighted by Gasteiger charge is -2.31. The molecule has 0 aromatic heterocycles. The van der Waals surface area contributed by atoms with Crippen molar-refractivity contribution < 1.29 is 0 Å². The highest BCUT2D eigenvalue weighted by molar-refractivity contribution is 6.83. The van der Waals surface area contributed by atoms with Gasteiger partial charge in [0.25, 0.3) is 0 Å². The van der Waals surface area contributed by atoms with E-state index in [9.17, 15) is 0 Å². The van der Waals surface area contributed by atoms with Gasteiger partial charge < -0.3 is 4.98 Å². The molecule has 2 heteroatoms. The van der Waals surface area contributed by atoms with Crippen LogP contribution in [0.25, 0.3) is 0 Å². The van der Waals surface area contributed by atoms with Gasteiger partial charge in [0.15, 0.2) is 8.24 Å². The Morgan fingerprint density at radius 3 is 2.18 bits per heavy atom. The zero-order valence-corrected chi connectivity index (χ0v) is 9.28. The molecule has 0 aromatic rings. The largest absolute Gasteiger partial charge is 0.337 e. The molecule has 0 rings (SSSR count). The lowest BCUT2D eigenvalue weighted by atomic mass is 10.5. The van der Waals surface area contributed by atoms with E-state index in [2.05, 4.69) is 45.1 Å². The third-order valence-electron chi connectivity index (χ3n) is 2.52. The first-order valence-electron chi connectivity index (χ1n) is 4.45. The molecule has 0 aromatic carbocycles. The first kappa shape index (κ1) is 10.9. The molecule has 0 fully saturated rings. The quantitative estimate of drug-likeness (QED) is 0.627. The second-order valence-corrected chi connectivity index (χ2v) is 8.04. The Kier molecular flexibility index (Phi) is 4.69. The molecule has 0 amide bonds. The minimum atomic E-state index is -1.31. The Bertz CT molecular complexity index is 123. The smallest absolute Gasteiger partial charge is 0.152 e. The number of hydrogen-bond donors (Lipinski definition) is 1. The van der Waals surface area contributed by atoms with E-state index in [4.69, 9.17) is 0 Å². The summed E-state index contributed by atoms with van der Waals surface area (Å²) in [5, 5.41) is 0. The molecule has 0 radical (unpaired) electrons. The van der Waals surface area contributed by atoms with Gasteiger partial charge in [-0.15, -0.1) is 6.58 Å². The van der Waals surface area contributed by atoms with Gasteiger partial charge in [-0.05, 0) is 18.6 Å². The van der Waals surface area contributed by atoms with E-state index in [-0.39, 0.29) is 0 Å². The second-order valence-electron chi connectivity index (χ2n) is 3.40. The van der Waals surface area contributed by atoms with Crippen molar-refractivity contribution in [3.8, 4) is 0 Å². The van der Waals surface area contributed by atoms with Crippen LogP contribution in [0.2, 0.25) is 11.6 Å². The van der Waals surface area contributed by atoms with Crippen molar-refractivity contribution in [1.82, 2.24) is 4.98 Å². The van der Waals surface area contributed by atoms with Crippen molar-refractivity contribution in [2.75, 3.05) is 7.05 Å². The average molecular weight is 171 g/mol. The minimum Gasteiger partial charge on any atom is -0.337 e.